The van der Waals surface area contributed by atoms with Crippen molar-refractivity contribution < 1.29 is 9.84 Å². The molecule has 5 heterocycles. The van der Waals surface area contributed by atoms with Crippen LogP contribution in [0.25, 0.3) is 33.4 Å². The summed E-state index contributed by atoms with van der Waals surface area (Å²) in [6.45, 7) is 2.44. The van der Waals surface area contributed by atoms with Gasteiger partial charge in [0.2, 0.25) is 5.88 Å². The molecule has 1 fully saturated rings. The Labute approximate surface area is 173 Å². The zero-order valence-corrected chi connectivity index (χ0v) is 16.5. The molecule has 1 aliphatic heterocycles. The number of hydrogen-bond acceptors (Lipinski definition) is 7. The Bertz CT molecular complexity index is 1150. The van der Waals surface area contributed by atoms with Crippen LogP contribution in [0.4, 0.5) is 0 Å². The number of aromatic amines is 1. The van der Waals surface area contributed by atoms with Crippen LogP contribution < -0.4 is 10.1 Å². The molecule has 0 unspecified atom stereocenters. The SMILES string of the molecule is OCCn1cc(-c2cnc3[nH]cc(-c4cncc(OC5CCNCC5)n4)c3c2)cn1. The second-order valence-corrected chi connectivity index (χ2v) is 7.35. The van der Waals surface area contributed by atoms with Crippen LogP contribution in [-0.2, 0) is 6.54 Å². The fourth-order valence-electron chi connectivity index (χ4n) is 3.73. The van der Waals surface area contributed by atoms with Gasteiger partial charge in [-0.15, -0.1) is 0 Å². The van der Waals surface area contributed by atoms with Crippen molar-refractivity contribution in [2.45, 2.75) is 25.5 Å². The van der Waals surface area contributed by atoms with Gasteiger partial charge in [0, 0.05) is 40.7 Å². The molecule has 30 heavy (non-hydrogen) atoms. The molecule has 0 amide bonds. The van der Waals surface area contributed by atoms with E-state index in [2.05, 4.69) is 31.4 Å². The molecule has 5 rings (SSSR count). The highest BCUT2D eigenvalue weighted by atomic mass is 16.5. The van der Waals surface area contributed by atoms with Crippen molar-refractivity contribution in [2.24, 2.45) is 0 Å². The third-order valence-electron chi connectivity index (χ3n) is 5.29. The molecule has 0 aliphatic carbocycles. The van der Waals surface area contributed by atoms with E-state index in [1.807, 2.05) is 18.6 Å². The van der Waals surface area contributed by atoms with Crippen LogP contribution in [0, 0.1) is 0 Å². The third kappa shape index (κ3) is 3.77. The Kier molecular flexibility index (Phi) is 5.12. The molecule has 0 atom stereocenters. The first-order valence-corrected chi connectivity index (χ1v) is 10.1. The quantitative estimate of drug-likeness (QED) is 0.450. The Morgan fingerprint density at radius 2 is 2.03 bits per heavy atom. The summed E-state index contributed by atoms with van der Waals surface area (Å²) >= 11 is 0. The minimum Gasteiger partial charge on any atom is -0.473 e. The summed E-state index contributed by atoms with van der Waals surface area (Å²) < 4.78 is 7.77. The number of nitrogens with one attached hydrogen (secondary N) is 2. The molecule has 0 saturated carbocycles. The molecule has 154 valence electrons. The number of piperidine rings is 1. The van der Waals surface area contributed by atoms with Gasteiger partial charge in [-0.25, -0.2) is 9.97 Å². The first-order chi connectivity index (χ1) is 14.8. The lowest BCUT2D eigenvalue weighted by atomic mass is 10.1. The molecular weight excluding hydrogens is 382 g/mol. The first kappa shape index (κ1) is 18.7. The van der Waals surface area contributed by atoms with E-state index < -0.39 is 0 Å². The average molecular weight is 405 g/mol. The fourth-order valence-corrected chi connectivity index (χ4v) is 3.73. The number of fused-ring (bicyclic) bond motifs is 1. The summed E-state index contributed by atoms with van der Waals surface area (Å²) in [5, 5.41) is 17.7. The van der Waals surface area contributed by atoms with Crippen LogP contribution in [0.5, 0.6) is 5.88 Å². The van der Waals surface area contributed by atoms with Crippen molar-refractivity contribution in [1.29, 1.82) is 0 Å². The number of hydrogen-bond donors (Lipinski definition) is 3. The van der Waals surface area contributed by atoms with E-state index in [1.54, 1.807) is 23.3 Å². The standard InChI is InChI=1S/C21H23N7O2/c29-6-5-28-13-15(9-26-28)14-7-17-18(10-25-21(17)24-8-14)19-11-23-12-20(27-19)30-16-1-3-22-4-2-16/h7-13,16,22,29H,1-6H2,(H,24,25). The number of ether oxygens (including phenoxy) is 1. The minimum absolute atomic E-state index is 0.0504. The maximum absolute atomic E-state index is 9.10. The van der Waals surface area contributed by atoms with Gasteiger partial charge >= 0.3 is 0 Å². The lowest BCUT2D eigenvalue weighted by Gasteiger charge is -2.23. The minimum atomic E-state index is 0.0504. The fraction of sp³-hybridized carbons (Fsp3) is 0.333. The highest BCUT2D eigenvalue weighted by molar-refractivity contribution is 5.94. The molecule has 0 radical (unpaired) electrons. The predicted octanol–water partition coefficient (Wildman–Crippen LogP) is 2.01. The van der Waals surface area contributed by atoms with Crippen molar-refractivity contribution in [1.82, 2.24) is 35.0 Å². The Morgan fingerprint density at radius 1 is 1.13 bits per heavy atom. The smallest absolute Gasteiger partial charge is 0.233 e. The molecule has 0 bridgehead atoms. The Hall–Kier alpha value is -3.30. The van der Waals surface area contributed by atoms with Gasteiger partial charge in [0.1, 0.15) is 11.8 Å². The number of aliphatic hydroxyl groups is 1. The second kappa shape index (κ2) is 8.21. The molecule has 3 N–H and O–H groups in total. The van der Waals surface area contributed by atoms with E-state index in [4.69, 9.17) is 14.8 Å². The Balaban J connectivity index is 1.46. The summed E-state index contributed by atoms with van der Waals surface area (Å²) in [6, 6.07) is 2.07. The molecule has 1 saturated heterocycles. The normalized spacial score (nSPS) is 15.0. The highest BCUT2D eigenvalue weighted by Crippen LogP contribution is 2.30. The molecule has 4 aromatic rings. The predicted molar refractivity (Wildman–Crippen MR) is 112 cm³/mol. The monoisotopic (exact) mass is 405 g/mol. The van der Waals surface area contributed by atoms with Crippen molar-refractivity contribution in [3.05, 3.63) is 43.2 Å². The van der Waals surface area contributed by atoms with E-state index in [1.165, 1.54) is 0 Å². The Morgan fingerprint density at radius 3 is 2.90 bits per heavy atom. The van der Waals surface area contributed by atoms with Gasteiger partial charge in [-0.05, 0) is 32.0 Å². The maximum atomic E-state index is 9.10. The van der Waals surface area contributed by atoms with Gasteiger partial charge in [0.25, 0.3) is 0 Å². The number of H-pyrrole nitrogens is 1. The summed E-state index contributed by atoms with van der Waals surface area (Å²) in [4.78, 5) is 16.8. The van der Waals surface area contributed by atoms with Gasteiger partial charge in [0.15, 0.2) is 0 Å². The van der Waals surface area contributed by atoms with Gasteiger partial charge in [-0.3, -0.25) is 9.67 Å². The molecule has 4 aromatic heterocycles. The number of aliphatic hydroxyl groups excluding tert-OH is 1. The molecular formula is C21H23N7O2. The van der Waals surface area contributed by atoms with Crippen molar-refractivity contribution in [3.63, 3.8) is 0 Å². The van der Waals surface area contributed by atoms with Crippen molar-refractivity contribution in [2.75, 3.05) is 19.7 Å². The summed E-state index contributed by atoms with van der Waals surface area (Å²) in [6.07, 6.45) is 12.9. The molecule has 1 aliphatic rings. The van der Waals surface area contributed by atoms with Crippen LogP contribution >= 0.6 is 0 Å². The third-order valence-corrected chi connectivity index (χ3v) is 5.29. The maximum Gasteiger partial charge on any atom is 0.233 e. The summed E-state index contributed by atoms with van der Waals surface area (Å²) in [5.74, 6) is 0.545. The summed E-state index contributed by atoms with van der Waals surface area (Å²) in [7, 11) is 0. The number of aromatic nitrogens is 6. The van der Waals surface area contributed by atoms with Crippen LogP contribution in [0.2, 0.25) is 0 Å². The van der Waals surface area contributed by atoms with Crippen molar-refractivity contribution in [3.8, 4) is 28.3 Å². The van der Waals surface area contributed by atoms with E-state index >= 15 is 0 Å². The van der Waals surface area contributed by atoms with E-state index in [0.29, 0.717) is 12.4 Å². The van der Waals surface area contributed by atoms with Gasteiger partial charge in [-0.1, -0.05) is 0 Å². The van der Waals surface area contributed by atoms with E-state index in [9.17, 15) is 0 Å². The molecule has 9 heteroatoms. The van der Waals surface area contributed by atoms with Crippen LogP contribution in [0.3, 0.4) is 0 Å². The van der Waals surface area contributed by atoms with Crippen LogP contribution in [-0.4, -0.2) is 60.6 Å². The lowest BCUT2D eigenvalue weighted by Crippen LogP contribution is -2.34. The molecule has 0 spiro atoms. The van der Waals surface area contributed by atoms with E-state index in [0.717, 1.165) is 59.3 Å². The number of nitrogens with zero attached hydrogens (tertiary/aromatic N) is 5. The van der Waals surface area contributed by atoms with Crippen LogP contribution in [0.15, 0.2) is 43.2 Å². The molecule has 0 aromatic carbocycles. The number of rotatable bonds is 6. The largest absolute Gasteiger partial charge is 0.473 e. The highest BCUT2D eigenvalue weighted by Gasteiger charge is 2.17. The lowest BCUT2D eigenvalue weighted by molar-refractivity contribution is 0.155. The van der Waals surface area contributed by atoms with Gasteiger partial charge in [0.05, 0.1) is 37.4 Å². The van der Waals surface area contributed by atoms with Gasteiger partial charge in [-0.2, -0.15) is 5.10 Å². The van der Waals surface area contributed by atoms with Crippen LogP contribution in [0.1, 0.15) is 12.8 Å². The first-order valence-electron chi connectivity index (χ1n) is 10.1. The zero-order chi connectivity index (χ0) is 20.3. The number of pyridine rings is 1. The topological polar surface area (TPSA) is 114 Å². The van der Waals surface area contributed by atoms with Gasteiger partial charge < -0.3 is 20.1 Å². The molecule has 9 nitrogen and oxygen atoms in total. The summed E-state index contributed by atoms with van der Waals surface area (Å²) in [5.41, 5.74) is 4.33. The second-order valence-electron chi connectivity index (χ2n) is 7.35. The van der Waals surface area contributed by atoms with Crippen molar-refractivity contribution >= 4 is 11.0 Å². The van der Waals surface area contributed by atoms with E-state index in [-0.39, 0.29) is 12.7 Å². The average Bonchev–Trinajstić information content (AvgIpc) is 3.42. The zero-order valence-electron chi connectivity index (χ0n) is 16.5.